The van der Waals surface area contributed by atoms with Gasteiger partial charge in [0.1, 0.15) is 0 Å². The van der Waals surface area contributed by atoms with E-state index in [9.17, 15) is 0 Å². The Labute approximate surface area is 65.1 Å². The first kappa shape index (κ1) is 7.41. The highest BCUT2D eigenvalue weighted by atomic mass is 32.2. The third kappa shape index (κ3) is 1.92. The van der Waals surface area contributed by atoms with Gasteiger partial charge in [0.2, 0.25) is 0 Å². The molecule has 0 saturated carbocycles. The first-order valence-corrected chi connectivity index (χ1v) is 3.89. The van der Waals surface area contributed by atoms with Crippen LogP contribution < -0.4 is 5.32 Å². The molecule has 2 nitrogen and oxygen atoms in total. The SMILES string of the molecule is C=CCNC1=NCC(=C)S1. The summed E-state index contributed by atoms with van der Waals surface area (Å²) in [6.45, 7) is 8.92. The standard InChI is InChI=1S/C7H10N2S/c1-3-4-8-7-9-5-6(2)10-7/h3H,1-2,4-5H2,(H,8,9). The van der Waals surface area contributed by atoms with Crippen LogP contribution in [0.2, 0.25) is 0 Å². The summed E-state index contributed by atoms with van der Waals surface area (Å²) in [5.41, 5.74) is 0. The molecule has 1 aliphatic heterocycles. The number of hydrogen-bond acceptors (Lipinski definition) is 3. The maximum absolute atomic E-state index is 4.18. The van der Waals surface area contributed by atoms with E-state index in [1.54, 1.807) is 11.8 Å². The van der Waals surface area contributed by atoms with Gasteiger partial charge >= 0.3 is 0 Å². The van der Waals surface area contributed by atoms with Crippen molar-refractivity contribution in [2.45, 2.75) is 0 Å². The van der Waals surface area contributed by atoms with Crippen LogP contribution in [-0.4, -0.2) is 18.3 Å². The van der Waals surface area contributed by atoms with Crippen LogP contribution in [0, 0.1) is 0 Å². The smallest absolute Gasteiger partial charge is 0.161 e. The van der Waals surface area contributed by atoms with Crippen molar-refractivity contribution in [2.75, 3.05) is 13.1 Å². The molecule has 0 spiro atoms. The first-order chi connectivity index (χ1) is 4.83. The van der Waals surface area contributed by atoms with Gasteiger partial charge in [-0.05, 0) is 0 Å². The van der Waals surface area contributed by atoms with Crippen LogP contribution in [0.1, 0.15) is 0 Å². The first-order valence-electron chi connectivity index (χ1n) is 3.08. The summed E-state index contributed by atoms with van der Waals surface area (Å²) in [4.78, 5) is 5.28. The maximum atomic E-state index is 4.18. The summed E-state index contributed by atoms with van der Waals surface area (Å²) in [5.74, 6) is 0. The quantitative estimate of drug-likeness (QED) is 0.608. The molecule has 54 valence electrons. The largest absolute Gasteiger partial charge is 0.361 e. The van der Waals surface area contributed by atoms with E-state index in [2.05, 4.69) is 23.5 Å². The summed E-state index contributed by atoms with van der Waals surface area (Å²) in [6, 6.07) is 0. The van der Waals surface area contributed by atoms with Gasteiger partial charge in [0, 0.05) is 11.4 Å². The number of aliphatic imine (C=N–C) groups is 1. The Balaban J connectivity index is 2.29. The highest BCUT2D eigenvalue weighted by Crippen LogP contribution is 2.20. The van der Waals surface area contributed by atoms with Crippen molar-refractivity contribution in [1.82, 2.24) is 5.32 Å². The van der Waals surface area contributed by atoms with Gasteiger partial charge in [-0.25, -0.2) is 0 Å². The third-order valence-electron chi connectivity index (χ3n) is 1.04. The van der Waals surface area contributed by atoms with E-state index in [1.165, 1.54) is 0 Å². The van der Waals surface area contributed by atoms with E-state index in [0.29, 0.717) is 0 Å². The van der Waals surface area contributed by atoms with Gasteiger partial charge in [-0.2, -0.15) is 0 Å². The molecule has 0 fully saturated rings. The summed E-state index contributed by atoms with van der Waals surface area (Å²) >= 11 is 1.60. The average molecular weight is 154 g/mol. The summed E-state index contributed by atoms with van der Waals surface area (Å²) in [7, 11) is 0. The lowest BCUT2D eigenvalue weighted by Crippen LogP contribution is -2.18. The van der Waals surface area contributed by atoms with Crippen LogP contribution >= 0.6 is 11.8 Å². The number of nitrogens with zero attached hydrogens (tertiary/aromatic N) is 1. The number of thioether (sulfide) groups is 1. The Hall–Kier alpha value is -0.700. The fraction of sp³-hybridized carbons (Fsp3) is 0.286. The molecule has 1 aliphatic rings. The molecular weight excluding hydrogens is 144 g/mol. The summed E-state index contributed by atoms with van der Waals surface area (Å²) in [5, 5.41) is 4.06. The van der Waals surface area contributed by atoms with Gasteiger partial charge in [0.05, 0.1) is 6.54 Å². The van der Waals surface area contributed by atoms with Crippen molar-refractivity contribution < 1.29 is 0 Å². The molecule has 0 saturated heterocycles. The number of nitrogens with one attached hydrogen (secondary N) is 1. The number of hydrogen-bond donors (Lipinski definition) is 1. The van der Waals surface area contributed by atoms with Gasteiger partial charge in [0.25, 0.3) is 0 Å². The Bertz CT molecular complexity index is 184. The van der Waals surface area contributed by atoms with Crippen LogP contribution in [-0.2, 0) is 0 Å². The minimum Gasteiger partial charge on any atom is -0.361 e. The minimum atomic E-state index is 0.754. The zero-order valence-electron chi connectivity index (χ0n) is 5.76. The second-order valence-electron chi connectivity index (χ2n) is 1.93. The predicted molar refractivity (Wildman–Crippen MR) is 47.2 cm³/mol. The van der Waals surface area contributed by atoms with Gasteiger partial charge < -0.3 is 5.32 Å². The van der Waals surface area contributed by atoms with Crippen molar-refractivity contribution in [1.29, 1.82) is 0 Å². The van der Waals surface area contributed by atoms with Crippen molar-refractivity contribution in [3.05, 3.63) is 24.1 Å². The van der Waals surface area contributed by atoms with Gasteiger partial charge in [-0.1, -0.05) is 24.4 Å². The van der Waals surface area contributed by atoms with E-state index in [1.807, 2.05) is 6.08 Å². The molecule has 0 aliphatic carbocycles. The number of rotatable bonds is 2. The lowest BCUT2D eigenvalue weighted by atomic mass is 10.6. The zero-order valence-corrected chi connectivity index (χ0v) is 6.58. The molecule has 0 amide bonds. The van der Waals surface area contributed by atoms with Gasteiger partial charge in [-0.15, -0.1) is 6.58 Å². The Kier molecular flexibility index (Phi) is 2.57. The lowest BCUT2D eigenvalue weighted by molar-refractivity contribution is 1.05. The topological polar surface area (TPSA) is 24.4 Å². The fourth-order valence-corrected chi connectivity index (χ4v) is 1.30. The van der Waals surface area contributed by atoms with Gasteiger partial charge in [-0.3, -0.25) is 4.99 Å². The summed E-state index contributed by atoms with van der Waals surface area (Å²) in [6.07, 6.45) is 1.81. The normalized spacial score (nSPS) is 16.8. The lowest BCUT2D eigenvalue weighted by Gasteiger charge is -1.98. The van der Waals surface area contributed by atoms with E-state index in [4.69, 9.17) is 0 Å². The molecule has 0 aromatic carbocycles. The molecule has 3 heteroatoms. The molecule has 1 heterocycles. The van der Waals surface area contributed by atoms with Crippen LogP contribution in [0.3, 0.4) is 0 Å². The summed E-state index contributed by atoms with van der Waals surface area (Å²) < 4.78 is 0. The van der Waals surface area contributed by atoms with Crippen LogP contribution in [0.4, 0.5) is 0 Å². The maximum Gasteiger partial charge on any atom is 0.161 e. The molecule has 0 bridgehead atoms. The van der Waals surface area contributed by atoms with Crippen LogP contribution in [0.5, 0.6) is 0 Å². The Morgan fingerprint density at radius 2 is 2.60 bits per heavy atom. The number of amidine groups is 1. The molecule has 0 unspecified atom stereocenters. The monoisotopic (exact) mass is 154 g/mol. The third-order valence-corrected chi connectivity index (χ3v) is 1.92. The van der Waals surface area contributed by atoms with E-state index in [0.717, 1.165) is 23.2 Å². The molecule has 0 aromatic rings. The zero-order chi connectivity index (χ0) is 7.40. The molecular formula is C7H10N2S. The molecule has 0 aromatic heterocycles. The molecule has 10 heavy (non-hydrogen) atoms. The van der Waals surface area contributed by atoms with E-state index >= 15 is 0 Å². The highest BCUT2D eigenvalue weighted by molar-refractivity contribution is 8.17. The fourth-order valence-electron chi connectivity index (χ4n) is 0.613. The van der Waals surface area contributed by atoms with E-state index in [-0.39, 0.29) is 0 Å². The van der Waals surface area contributed by atoms with E-state index < -0.39 is 0 Å². The average Bonchev–Trinajstić information content (AvgIpc) is 2.31. The molecule has 0 radical (unpaired) electrons. The molecule has 1 rings (SSSR count). The van der Waals surface area contributed by atoms with Gasteiger partial charge in [0.15, 0.2) is 5.17 Å². The molecule has 0 atom stereocenters. The van der Waals surface area contributed by atoms with Crippen LogP contribution in [0.25, 0.3) is 0 Å². The van der Waals surface area contributed by atoms with Crippen molar-refractivity contribution in [3.8, 4) is 0 Å². The predicted octanol–water partition coefficient (Wildman–Crippen LogP) is 1.38. The minimum absolute atomic E-state index is 0.754. The molecule has 1 N–H and O–H groups in total. The second-order valence-corrected chi connectivity index (χ2v) is 3.10. The van der Waals surface area contributed by atoms with Crippen molar-refractivity contribution in [3.63, 3.8) is 0 Å². The Morgan fingerprint density at radius 3 is 3.10 bits per heavy atom. The Morgan fingerprint density at radius 1 is 1.80 bits per heavy atom. The highest BCUT2D eigenvalue weighted by Gasteiger charge is 2.08. The second kappa shape index (κ2) is 3.46. The van der Waals surface area contributed by atoms with Crippen molar-refractivity contribution in [2.24, 2.45) is 4.99 Å². The van der Waals surface area contributed by atoms with Crippen molar-refractivity contribution >= 4 is 16.9 Å². The van der Waals surface area contributed by atoms with Crippen LogP contribution in [0.15, 0.2) is 29.1 Å².